The van der Waals surface area contributed by atoms with E-state index in [0.717, 1.165) is 0 Å². The SMILES string of the molecule is O=C(CCBr)Nc1cccc(OC(F)F)c1. The number of ether oxygens (including phenoxy) is 1. The molecule has 0 fully saturated rings. The van der Waals surface area contributed by atoms with Gasteiger partial charge in [-0.3, -0.25) is 4.79 Å². The van der Waals surface area contributed by atoms with Crippen LogP contribution in [0.25, 0.3) is 0 Å². The van der Waals surface area contributed by atoms with Crippen molar-refractivity contribution in [3.63, 3.8) is 0 Å². The van der Waals surface area contributed by atoms with E-state index in [4.69, 9.17) is 0 Å². The summed E-state index contributed by atoms with van der Waals surface area (Å²) in [6.07, 6.45) is 0.319. The van der Waals surface area contributed by atoms with E-state index >= 15 is 0 Å². The maximum Gasteiger partial charge on any atom is 0.387 e. The third-order valence-corrected chi connectivity index (χ3v) is 2.06. The topological polar surface area (TPSA) is 38.3 Å². The number of halogens is 3. The summed E-state index contributed by atoms with van der Waals surface area (Å²) < 4.78 is 28.0. The fourth-order valence-corrected chi connectivity index (χ4v) is 1.42. The van der Waals surface area contributed by atoms with Gasteiger partial charge in [-0.2, -0.15) is 8.78 Å². The third kappa shape index (κ3) is 4.57. The Morgan fingerprint density at radius 3 is 2.88 bits per heavy atom. The van der Waals surface area contributed by atoms with E-state index in [2.05, 4.69) is 26.0 Å². The van der Waals surface area contributed by atoms with Crippen molar-refractivity contribution in [2.24, 2.45) is 0 Å². The molecule has 16 heavy (non-hydrogen) atoms. The van der Waals surface area contributed by atoms with Gasteiger partial charge in [0.05, 0.1) is 0 Å². The van der Waals surface area contributed by atoms with E-state index < -0.39 is 6.61 Å². The first-order valence-electron chi connectivity index (χ1n) is 4.52. The van der Waals surface area contributed by atoms with Crippen LogP contribution in [-0.2, 0) is 4.79 Å². The number of carbonyl (C=O) groups is 1. The fourth-order valence-electron chi connectivity index (χ4n) is 1.06. The largest absolute Gasteiger partial charge is 0.435 e. The van der Waals surface area contributed by atoms with Crippen LogP contribution in [0.2, 0.25) is 0 Å². The molecule has 0 unspecified atom stereocenters. The molecular formula is C10H10BrF2NO2. The highest BCUT2D eigenvalue weighted by Gasteiger charge is 2.06. The van der Waals surface area contributed by atoms with Gasteiger partial charge in [-0.1, -0.05) is 22.0 Å². The number of amides is 1. The normalized spacial score (nSPS) is 10.2. The van der Waals surface area contributed by atoms with E-state index in [1.54, 1.807) is 6.07 Å². The predicted octanol–water partition coefficient (Wildman–Crippen LogP) is 3.01. The molecule has 0 bridgehead atoms. The Bertz CT molecular complexity index is 360. The lowest BCUT2D eigenvalue weighted by Gasteiger charge is -2.07. The number of carbonyl (C=O) groups excluding carboxylic acids is 1. The third-order valence-electron chi connectivity index (χ3n) is 1.66. The summed E-state index contributed by atoms with van der Waals surface area (Å²) in [7, 11) is 0. The number of hydrogen-bond donors (Lipinski definition) is 1. The van der Waals surface area contributed by atoms with Crippen LogP contribution in [0.15, 0.2) is 24.3 Å². The monoisotopic (exact) mass is 293 g/mol. The summed E-state index contributed by atoms with van der Waals surface area (Å²) in [6, 6.07) is 5.87. The number of anilines is 1. The molecule has 0 radical (unpaired) electrons. The van der Waals surface area contributed by atoms with Crippen molar-refractivity contribution >= 4 is 27.5 Å². The molecule has 0 spiro atoms. The smallest absolute Gasteiger partial charge is 0.387 e. The quantitative estimate of drug-likeness (QED) is 0.848. The van der Waals surface area contributed by atoms with Gasteiger partial charge in [0.1, 0.15) is 5.75 Å². The Hall–Kier alpha value is -1.17. The van der Waals surface area contributed by atoms with Crippen LogP contribution >= 0.6 is 15.9 Å². The Morgan fingerprint density at radius 2 is 2.25 bits per heavy atom. The second kappa shape index (κ2) is 6.42. The van der Waals surface area contributed by atoms with Crippen molar-refractivity contribution in [1.82, 2.24) is 0 Å². The summed E-state index contributed by atoms with van der Waals surface area (Å²) in [5.74, 6) is -0.169. The summed E-state index contributed by atoms with van der Waals surface area (Å²) in [5.41, 5.74) is 0.434. The van der Waals surface area contributed by atoms with Gasteiger partial charge in [0.25, 0.3) is 0 Å². The first-order valence-corrected chi connectivity index (χ1v) is 5.64. The van der Waals surface area contributed by atoms with E-state index in [1.807, 2.05) is 0 Å². The molecule has 1 rings (SSSR count). The number of hydrogen-bond acceptors (Lipinski definition) is 2. The molecular weight excluding hydrogens is 284 g/mol. The molecule has 88 valence electrons. The van der Waals surface area contributed by atoms with Gasteiger partial charge in [-0.15, -0.1) is 0 Å². The first kappa shape index (κ1) is 12.9. The second-order valence-electron chi connectivity index (χ2n) is 2.89. The molecule has 1 aromatic rings. The van der Waals surface area contributed by atoms with E-state index in [-0.39, 0.29) is 11.7 Å². The van der Waals surface area contributed by atoms with Crippen LogP contribution in [0.5, 0.6) is 5.75 Å². The van der Waals surface area contributed by atoms with E-state index in [0.29, 0.717) is 17.4 Å². The van der Waals surface area contributed by atoms with Crippen molar-refractivity contribution in [2.45, 2.75) is 13.0 Å². The maximum absolute atomic E-state index is 11.9. The fraction of sp³-hybridized carbons (Fsp3) is 0.300. The molecule has 0 heterocycles. The Balaban J connectivity index is 2.63. The molecule has 0 saturated carbocycles. The van der Waals surface area contributed by atoms with Crippen LogP contribution in [0, 0.1) is 0 Å². The number of rotatable bonds is 5. The summed E-state index contributed by atoms with van der Waals surface area (Å²) >= 11 is 3.13. The lowest BCUT2D eigenvalue weighted by atomic mass is 10.3. The minimum absolute atomic E-state index is 0.0200. The zero-order chi connectivity index (χ0) is 12.0. The molecule has 1 aromatic carbocycles. The van der Waals surface area contributed by atoms with Crippen molar-refractivity contribution < 1.29 is 18.3 Å². The summed E-state index contributed by atoms with van der Waals surface area (Å²) in [5, 5.41) is 3.11. The standard InChI is InChI=1S/C10H10BrF2NO2/c11-5-4-9(15)14-7-2-1-3-8(6-7)16-10(12)13/h1-3,6,10H,4-5H2,(H,14,15). The average molecular weight is 294 g/mol. The lowest BCUT2D eigenvalue weighted by molar-refractivity contribution is -0.115. The van der Waals surface area contributed by atoms with Crippen molar-refractivity contribution in [3.05, 3.63) is 24.3 Å². The maximum atomic E-state index is 11.9. The Labute approximate surface area is 99.9 Å². The molecule has 0 aliphatic rings. The molecule has 0 aliphatic heterocycles. The highest BCUT2D eigenvalue weighted by Crippen LogP contribution is 2.19. The van der Waals surface area contributed by atoms with Gasteiger partial charge >= 0.3 is 6.61 Å². The zero-order valence-corrected chi connectivity index (χ0v) is 9.84. The average Bonchev–Trinajstić information content (AvgIpc) is 2.17. The van der Waals surface area contributed by atoms with Gasteiger partial charge in [0.15, 0.2) is 0 Å². The summed E-state index contributed by atoms with van der Waals surface area (Å²) in [6.45, 7) is -2.87. The molecule has 0 aliphatic carbocycles. The molecule has 1 N–H and O–H groups in total. The van der Waals surface area contributed by atoms with Gasteiger partial charge in [0.2, 0.25) is 5.91 Å². The second-order valence-corrected chi connectivity index (χ2v) is 3.69. The minimum atomic E-state index is -2.87. The van der Waals surface area contributed by atoms with Gasteiger partial charge in [-0.05, 0) is 12.1 Å². The van der Waals surface area contributed by atoms with Crippen molar-refractivity contribution in [1.29, 1.82) is 0 Å². The molecule has 0 atom stereocenters. The lowest BCUT2D eigenvalue weighted by Crippen LogP contribution is -2.11. The number of benzene rings is 1. The number of nitrogens with one attached hydrogen (secondary N) is 1. The minimum Gasteiger partial charge on any atom is -0.435 e. The summed E-state index contributed by atoms with van der Waals surface area (Å²) in [4.78, 5) is 11.2. The van der Waals surface area contributed by atoms with Crippen LogP contribution in [0.1, 0.15) is 6.42 Å². The molecule has 0 saturated heterocycles. The highest BCUT2D eigenvalue weighted by atomic mass is 79.9. The molecule has 3 nitrogen and oxygen atoms in total. The Kier molecular flexibility index (Phi) is 5.18. The van der Waals surface area contributed by atoms with Crippen molar-refractivity contribution in [2.75, 3.05) is 10.6 Å². The predicted molar refractivity (Wildman–Crippen MR) is 60.1 cm³/mol. The number of alkyl halides is 3. The van der Waals surface area contributed by atoms with E-state index in [1.165, 1.54) is 18.2 Å². The van der Waals surface area contributed by atoms with Crippen LogP contribution in [0.4, 0.5) is 14.5 Å². The van der Waals surface area contributed by atoms with Gasteiger partial charge < -0.3 is 10.1 Å². The Morgan fingerprint density at radius 1 is 1.50 bits per heavy atom. The molecule has 1 amide bonds. The van der Waals surface area contributed by atoms with Crippen molar-refractivity contribution in [3.8, 4) is 5.75 Å². The molecule has 0 aromatic heterocycles. The van der Waals surface area contributed by atoms with E-state index in [9.17, 15) is 13.6 Å². The highest BCUT2D eigenvalue weighted by molar-refractivity contribution is 9.09. The van der Waals surface area contributed by atoms with Crippen LogP contribution in [0.3, 0.4) is 0 Å². The zero-order valence-electron chi connectivity index (χ0n) is 8.25. The van der Waals surface area contributed by atoms with Crippen LogP contribution < -0.4 is 10.1 Å². The first-order chi connectivity index (χ1) is 7.61. The molecule has 6 heteroatoms. The van der Waals surface area contributed by atoms with Gasteiger partial charge in [-0.25, -0.2) is 0 Å². The van der Waals surface area contributed by atoms with Crippen LogP contribution in [-0.4, -0.2) is 17.8 Å². The van der Waals surface area contributed by atoms with Gasteiger partial charge in [0, 0.05) is 23.5 Å².